The minimum Gasteiger partial charge on any atom is -0.289 e. The Labute approximate surface area is 180 Å². The van der Waals surface area contributed by atoms with Gasteiger partial charge < -0.3 is 0 Å². The molecule has 8 nitrogen and oxygen atoms in total. The SMILES string of the molecule is Cc1ccc(Cn2cnc(NC(=O)c3cnn4c(C(F)(F)F)cc(C5CC5)nc34)n2)cc1. The van der Waals surface area contributed by atoms with Crippen LogP contribution in [0.25, 0.3) is 5.65 Å². The van der Waals surface area contributed by atoms with Crippen LogP contribution in [0.5, 0.6) is 0 Å². The van der Waals surface area contributed by atoms with E-state index in [0.717, 1.165) is 36.2 Å². The predicted molar refractivity (Wildman–Crippen MR) is 108 cm³/mol. The Hall–Kier alpha value is -3.76. The third-order valence-electron chi connectivity index (χ3n) is 5.25. The molecule has 1 fully saturated rings. The van der Waals surface area contributed by atoms with Gasteiger partial charge in [0.15, 0.2) is 5.65 Å². The molecule has 5 rings (SSSR count). The fourth-order valence-corrected chi connectivity index (χ4v) is 3.41. The lowest BCUT2D eigenvalue weighted by atomic mass is 10.1. The van der Waals surface area contributed by atoms with Crippen LogP contribution in [-0.2, 0) is 12.7 Å². The molecule has 11 heteroatoms. The zero-order chi connectivity index (χ0) is 22.5. The molecule has 0 radical (unpaired) electrons. The number of nitrogens with zero attached hydrogens (tertiary/aromatic N) is 6. The number of halogens is 3. The largest absolute Gasteiger partial charge is 0.433 e. The van der Waals surface area contributed by atoms with E-state index < -0.39 is 17.8 Å². The van der Waals surface area contributed by atoms with Crippen molar-refractivity contribution in [2.24, 2.45) is 0 Å². The molecule has 1 N–H and O–H groups in total. The molecule has 0 aliphatic heterocycles. The van der Waals surface area contributed by atoms with Crippen molar-refractivity contribution < 1.29 is 18.0 Å². The lowest BCUT2D eigenvalue weighted by Crippen LogP contribution is -2.16. The summed E-state index contributed by atoms with van der Waals surface area (Å²) in [6, 6.07) is 8.91. The summed E-state index contributed by atoms with van der Waals surface area (Å²) in [6.45, 7) is 2.45. The number of hydrogen-bond donors (Lipinski definition) is 1. The summed E-state index contributed by atoms with van der Waals surface area (Å²) in [5.41, 5.74) is 1.30. The highest BCUT2D eigenvalue weighted by molar-refractivity contribution is 6.07. The van der Waals surface area contributed by atoms with Crippen LogP contribution in [0.2, 0.25) is 0 Å². The van der Waals surface area contributed by atoms with Crippen molar-refractivity contribution in [3.05, 3.63) is 70.9 Å². The number of benzene rings is 1. The van der Waals surface area contributed by atoms with Crippen molar-refractivity contribution in [2.75, 3.05) is 5.32 Å². The van der Waals surface area contributed by atoms with E-state index >= 15 is 0 Å². The van der Waals surface area contributed by atoms with Gasteiger partial charge in [-0.1, -0.05) is 29.8 Å². The van der Waals surface area contributed by atoms with Gasteiger partial charge in [-0.25, -0.2) is 19.2 Å². The number of alkyl halides is 3. The molecular formula is C21H18F3N7O. The number of fused-ring (bicyclic) bond motifs is 1. The Morgan fingerprint density at radius 3 is 2.66 bits per heavy atom. The monoisotopic (exact) mass is 441 g/mol. The standard InChI is InChI=1S/C21H18F3N7O/c1-12-2-4-13(5-3-12)10-30-11-25-20(29-30)28-19(32)15-9-26-31-17(21(22,23)24)8-16(14-6-7-14)27-18(15)31/h2-5,8-9,11,14H,6-7,10H2,1H3,(H,28,29,32). The van der Waals surface area contributed by atoms with Crippen LogP contribution in [0.1, 0.15) is 51.6 Å². The second-order valence-electron chi connectivity index (χ2n) is 7.84. The van der Waals surface area contributed by atoms with E-state index in [4.69, 9.17) is 0 Å². The molecule has 3 heterocycles. The van der Waals surface area contributed by atoms with Gasteiger partial charge in [-0.3, -0.25) is 10.1 Å². The van der Waals surface area contributed by atoms with Gasteiger partial charge in [0.05, 0.1) is 12.7 Å². The summed E-state index contributed by atoms with van der Waals surface area (Å²) >= 11 is 0. The summed E-state index contributed by atoms with van der Waals surface area (Å²) in [6.07, 6.45) is -0.526. The average molecular weight is 441 g/mol. The van der Waals surface area contributed by atoms with Gasteiger partial charge in [-0.05, 0) is 31.4 Å². The summed E-state index contributed by atoms with van der Waals surface area (Å²) in [4.78, 5) is 21.1. The number of rotatable bonds is 5. The second kappa shape index (κ2) is 7.43. The Morgan fingerprint density at radius 2 is 1.97 bits per heavy atom. The van der Waals surface area contributed by atoms with Gasteiger partial charge in [0.1, 0.15) is 17.6 Å². The summed E-state index contributed by atoms with van der Waals surface area (Å²) < 4.78 is 42.8. The van der Waals surface area contributed by atoms with Crippen LogP contribution in [0, 0.1) is 6.92 Å². The number of carbonyl (C=O) groups is 1. The average Bonchev–Trinajstić information content (AvgIpc) is 3.36. The Kier molecular flexibility index (Phi) is 4.68. The highest BCUT2D eigenvalue weighted by atomic mass is 19.4. The molecule has 1 saturated carbocycles. The number of aromatic nitrogens is 6. The lowest BCUT2D eigenvalue weighted by molar-refractivity contribution is -0.142. The minimum absolute atomic E-state index is 0.0222. The van der Waals surface area contributed by atoms with Crippen LogP contribution >= 0.6 is 0 Å². The van der Waals surface area contributed by atoms with E-state index in [1.165, 1.54) is 6.33 Å². The number of amides is 1. The Bertz CT molecular complexity index is 1300. The zero-order valence-electron chi connectivity index (χ0n) is 17.0. The van der Waals surface area contributed by atoms with Crippen molar-refractivity contribution in [1.82, 2.24) is 29.4 Å². The van der Waals surface area contributed by atoms with Crippen LogP contribution in [-0.4, -0.2) is 35.3 Å². The maximum absolute atomic E-state index is 13.5. The lowest BCUT2D eigenvalue weighted by Gasteiger charge is -2.11. The molecule has 3 aromatic heterocycles. The van der Waals surface area contributed by atoms with E-state index in [2.05, 4.69) is 25.5 Å². The second-order valence-corrected chi connectivity index (χ2v) is 7.84. The fraction of sp³-hybridized carbons (Fsp3) is 0.286. The third kappa shape index (κ3) is 3.93. The molecule has 1 aliphatic rings. The molecule has 164 valence electrons. The number of carbonyl (C=O) groups excluding carboxylic acids is 1. The molecule has 0 saturated heterocycles. The fourth-order valence-electron chi connectivity index (χ4n) is 3.41. The van der Waals surface area contributed by atoms with Crippen LogP contribution in [0.15, 0.2) is 42.9 Å². The molecule has 1 amide bonds. The molecule has 32 heavy (non-hydrogen) atoms. The first kappa shape index (κ1) is 20.2. The van der Waals surface area contributed by atoms with E-state index in [0.29, 0.717) is 16.8 Å². The maximum Gasteiger partial charge on any atom is 0.433 e. The number of nitrogens with one attached hydrogen (secondary N) is 1. The van der Waals surface area contributed by atoms with E-state index in [1.807, 2.05) is 31.2 Å². The van der Waals surface area contributed by atoms with E-state index in [9.17, 15) is 18.0 Å². The van der Waals surface area contributed by atoms with Gasteiger partial charge in [0, 0.05) is 11.6 Å². The predicted octanol–water partition coefficient (Wildman–Crippen LogP) is 3.83. The van der Waals surface area contributed by atoms with Gasteiger partial charge >= 0.3 is 6.18 Å². The first-order valence-electron chi connectivity index (χ1n) is 10.00. The molecular weight excluding hydrogens is 423 g/mol. The summed E-state index contributed by atoms with van der Waals surface area (Å²) in [5.74, 6) is -0.663. The van der Waals surface area contributed by atoms with Crippen LogP contribution < -0.4 is 5.32 Å². The maximum atomic E-state index is 13.5. The normalized spacial score (nSPS) is 14.1. The first-order chi connectivity index (χ1) is 15.3. The summed E-state index contributed by atoms with van der Waals surface area (Å²) in [5, 5.41) is 10.5. The first-order valence-corrected chi connectivity index (χ1v) is 10.00. The van der Waals surface area contributed by atoms with E-state index in [-0.39, 0.29) is 23.1 Å². The van der Waals surface area contributed by atoms with Crippen LogP contribution in [0.4, 0.5) is 19.1 Å². The van der Waals surface area contributed by atoms with Crippen molar-refractivity contribution in [2.45, 2.75) is 38.4 Å². The smallest absolute Gasteiger partial charge is 0.289 e. The Balaban J connectivity index is 1.40. The van der Waals surface area contributed by atoms with Gasteiger partial charge in [-0.2, -0.15) is 18.3 Å². The van der Waals surface area contributed by atoms with Gasteiger partial charge in [0.25, 0.3) is 5.91 Å². The highest BCUT2D eigenvalue weighted by Crippen LogP contribution is 2.41. The zero-order valence-corrected chi connectivity index (χ0v) is 17.0. The number of aryl methyl sites for hydroxylation is 1. The number of hydrogen-bond acceptors (Lipinski definition) is 5. The van der Waals surface area contributed by atoms with Gasteiger partial charge in [-0.15, -0.1) is 5.10 Å². The quantitative estimate of drug-likeness (QED) is 0.509. The Morgan fingerprint density at radius 1 is 1.22 bits per heavy atom. The van der Waals surface area contributed by atoms with Crippen molar-refractivity contribution >= 4 is 17.5 Å². The molecule has 0 atom stereocenters. The summed E-state index contributed by atoms with van der Waals surface area (Å²) in [7, 11) is 0. The van der Waals surface area contributed by atoms with Gasteiger partial charge in [0.2, 0.25) is 5.95 Å². The molecule has 1 aromatic carbocycles. The molecule has 0 bridgehead atoms. The third-order valence-corrected chi connectivity index (χ3v) is 5.25. The molecule has 0 unspecified atom stereocenters. The number of anilines is 1. The van der Waals surface area contributed by atoms with Crippen molar-refractivity contribution in [3.8, 4) is 0 Å². The highest BCUT2D eigenvalue weighted by Gasteiger charge is 2.38. The minimum atomic E-state index is -4.62. The topological polar surface area (TPSA) is 90.0 Å². The molecule has 4 aromatic rings. The van der Waals surface area contributed by atoms with E-state index in [1.54, 1.807) is 4.68 Å². The van der Waals surface area contributed by atoms with Crippen molar-refractivity contribution in [3.63, 3.8) is 0 Å². The molecule has 1 aliphatic carbocycles. The van der Waals surface area contributed by atoms with Crippen molar-refractivity contribution in [1.29, 1.82) is 0 Å². The van der Waals surface area contributed by atoms with Crippen LogP contribution in [0.3, 0.4) is 0 Å². The molecule has 0 spiro atoms.